The van der Waals surface area contributed by atoms with Gasteiger partial charge in [0.05, 0.1) is 18.3 Å². The molecule has 0 aliphatic carbocycles. The van der Waals surface area contributed by atoms with E-state index in [4.69, 9.17) is 9.97 Å². The number of nitrogens with zero attached hydrogens (tertiary/aromatic N) is 6. The summed E-state index contributed by atoms with van der Waals surface area (Å²) in [7, 11) is 5.96. The number of carbonyl (C=O) groups is 1. The Kier molecular flexibility index (Phi) is 5.70. The summed E-state index contributed by atoms with van der Waals surface area (Å²) < 4.78 is 0. The molecule has 1 atom stereocenters. The Morgan fingerprint density at radius 2 is 2.07 bits per heavy atom. The van der Waals surface area contributed by atoms with Crippen molar-refractivity contribution < 1.29 is 4.79 Å². The molecule has 0 aromatic carbocycles. The fourth-order valence-electron chi connectivity index (χ4n) is 3.32. The van der Waals surface area contributed by atoms with Gasteiger partial charge in [-0.3, -0.25) is 14.7 Å². The lowest BCUT2D eigenvalue weighted by atomic mass is 10.0. The number of aromatic nitrogens is 3. The second-order valence-electron chi connectivity index (χ2n) is 7.19. The number of carbonyl (C=O) groups excluding carboxylic acids is 1. The van der Waals surface area contributed by atoms with Crippen LogP contribution in [0.2, 0.25) is 0 Å². The molecule has 1 aliphatic heterocycles. The molecule has 7 nitrogen and oxygen atoms in total. The van der Waals surface area contributed by atoms with E-state index in [9.17, 15) is 4.79 Å². The largest absolute Gasteiger partial charge is 0.362 e. The van der Waals surface area contributed by atoms with Crippen molar-refractivity contribution in [1.29, 1.82) is 0 Å². The highest BCUT2D eigenvalue weighted by Gasteiger charge is 2.29. The molecule has 0 unspecified atom stereocenters. The van der Waals surface area contributed by atoms with E-state index in [1.54, 1.807) is 12.4 Å². The quantitative estimate of drug-likeness (QED) is 0.802. The summed E-state index contributed by atoms with van der Waals surface area (Å²) >= 11 is 0. The molecule has 27 heavy (non-hydrogen) atoms. The minimum Gasteiger partial charge on any atom is -0.362 e. The number of pyridine rings is 1. The molecule has 2 aromatic heterocycles. The highest BCUT2D eigenvalue weighted by Crippen LogP contribution is 2.28. The third-order valence-corrected chi connectivity index (χ3v) is 5.22. The van der Waals surface area contributed by atoms with Crippen LogP contribution in [0.3, 0.4) is 0 Å². The molecule has 3 rings (SSSR count). The first-order chi connectivity index (χ1) is 12.9. The second-order valence-corrected chi connectivity index (χ2v) is 7.19. The molecule has 0 bridgehead atoms. The van der Waals surface area contributed by atoms with Crippen LogP contribution in [0.5, 0.6) is 0 Å². The van der Waals surface area contributed by atoms with Crippen molar-refractivity contribution in [2.24, 2.45) is 0 Å². The molecule has 7 heteroatoms. The molecule has 0 N–H and O–H groups in total. The van der Waals surface area contributed by atoms with Gasteiger partial charge in [0.25, 0.3) is 0 Å². The Labute approximate surface area is 161 Å². The number of amides is 1. The Morgan fingerprint density at radius 3 is 2.70 bits per heavy atom. The van der Waals surface area contributed by atoms with E-state index in [1.807, 2.05) is 50.0 Å². The molecule has 3 heterocycles. The van der Waals surface area contributed by atoms with E-state index in [1.165, 1.54) is 0 Å². The fraction of sp³-hybridized carbons (Fsp3) is 0.500. The van der Waals surface area contributed by atoms with Crippen molar-refractivity contribution >= 4 is 11.7 Å². The van der Waals surface area contributed by atoms with E-state index < -0.39 is 0 Å². The van der Waals surface area contributed by atoms with Gasteiger partial charge in [-0.05, 0) is 39.1 Å². The molecule has 144 valence electrons. The number of anilines is 1. The first-order valence-corrected chi connectivity index (χ1v) is 9.38. The Hall–Kier alpha value is -2.54. The van der Waals surface area contributed by atoms with Gasteiger partial charge in [-0.15, -0.1) is 0 Å². The van der Waals surface area contributed by atoms with Gasteiger partial charge < -0.3 is 9.80 Å². The number of likely N-dealkylation sites (N-methyl/N-ethyl adjacent to an activating group) is 1. The molecule has 0 saturated carbocycles. The zero-order chi connectivity index (χ0) is 19.6. The van der Waals surface area contributed by atoms with Gasteiger partial charge in [-0.25, -0.2) is 9.97 Å². The molecule has 0 saturated heterocycles. The topological polar surface area (TPSA) is 65.5 Å². The van der Waals surface area contributed by atoms with Gasteiger partial charge in [0.15, 0.2) is 5.82 Å². The van der Waals surface area contributed by atoms with Crippen molar-refractivity contribution in [2.75, 3.05) is 39.1 Å². The third-order valence-electron chi connectivity index (χ3n) is 5.22. The Morgan fingerprint density at radius 1 is 1.30 bits per heavy atom. The third kappa shape index (κ3) is 3.93. The first kappa shape index (κ1) is 19.2. The van der Waals surface area contributed by atoms with Crippen LogP contribution in [0.25, 0.3) is 11.4 Å². The maximum absolute atomic E-state index is 12.9. The van der Waals surface area contributed by atoms with Crippen molar-refractivity contribution in [3.63, 3.8) is 0 Å². The average Bonchev–Trinajstić information content (AvgIpc) is 2.71. The molecule has 0 fully saturated rings. The molecule has 0 radical (unpaired) electrons. The summed E-state index contributed by atoms with van der Waals surface area (Å²) in [6.45, 7) is 6.09. The highest BCUT2D eigenvalue weighted by atomic mass is 16.2. The summed E-state index contributed by atoms with van der Waals surface area (Å²) in [4.78, 5) is 32.6. The predicted octanol–water partition coefficient (Wildman–Crippen LogP) is 1.83. The Balaban J connectivity index is 1.95. The summed E-state index contributed by atoms with van der Waals surface area (Å²) in [5, 5.41) is 0. The van der Waals surface area contributed by atoms with Crippen LogP contribution in [0, 0.1) is 0 Å². The smallest absolute Gasteiger partial charge is 0.239 e. The lowest BCUT2D eigenvalue weighted by Crippen LogP contribution is -2.47. The van der Waals surface area contributed by atoms with Crippen molar-refractivity contribution in [1.82, 2.24) is 24.8 Å². The zero-order valence-corrected chi connectivity index (χ0v) is 16.8. The van der Waals surface area contributed by atoms with Gasteiger partial charge in [-0.1, -0.05) is 6.92 Å². The zero-order valence-electron chi connectivity index (χ0n) is 16.8. The minimum absolute atomic E-state index is 0.135. The fourth-order valence-corrected chi connectivity index (χ4v) is 3.32. The van der Waals surface area contributed by atoms with Crippen LogP contribution >= 0.6 is 0 Å². The summed E-state index contributed by atoms with van der Waals surface area (Å²) in [6, 6.07) is 3.70. The van der Waals surface area contributed by atoms with E-state index in [0.717, 1.165) is 35.6 Å². The summed E-state index contributed by atoms with van der Waals surface area (Å²) in [5.41, 5.74) is 2.94. The van der Waals surface area contributed by atoms with Crippen LogP contribution in [-0.4, -0.2) is 70.9 Å². The number of hydrogen-bond donors (Lipinski definition) is 0. The van der Waals surface area contributed by atoms with E-state index in [2.05, 4.69) is 16.8 Å². The average molecular weight is 368 g/mol. The van der Waals surface area contributed by atoms with Gasteiger partial charge >= 0.3 is 0 Å². The highest BCUT2D eigenvalue weighted by molar-refractivity contribution is 5.82. The molecule has 2 aromatic rings. The number of fused-ring (bicyclic) bond motifs is 1. The van der Waals surface area contributed by atoms with Crippen LogP contribution < -0.4 is 4.90 Å². The predicted molar refractivity (Wildman–Crippen MR) is 106 cm³/mol. The van der Waals surface area contributed by atoms with Gasteiger partial charge in [0.2, 0.25) is 5.91 Å². The first-order valence-electron chi connectivity index (χ1n) is 9.38. The van der Waals surface area contributed by atoms with Crippen molar-refractivity contribution in [2.45, 2.75) is 32.9 Å². The Bertz CT molecular complexity index is 808. The normalized spacial score (nSPS) is 14.8. The number of rotatable bonds is 5. The van der Waals surface area contributed by atoms with Crippen LogP contribution in [0.15, 0.2) is 24.5 Å². The molecular formula is C20H28N6O. The molecule has 1 amide bonds. The van der Waals surface area contributed by atoms with Crippen LogP contribution in [0.1, 0.15) is 25.1 Å². The van der Waals surface area contributed by atoms with E-state index >= 15 is 0 Å². The van der Waals surface area contributed by atoms with E-state index in [0.29, 0.717) is 18.9 Å². The minimum atomic E-state index is -0.135. The van der Waals surface area contributed by atoms with Crippen molar-refractivity contribution in [3.05, 3.63) is 35.8 Å². The molecule has 1 aliphatic rings. The SMILES string of the molecule is CCN(C)[C@@H](C)C(=O)N1CCc2c(nc(-c3cccnc3)nc2N(C)C)C1. The van der Waals surface area contributed by atoms with Crippen LogP contribution in [0.4, 0.5) is 5.82 Å². The monoisotopic (exact) mass is 368 g/mol. The van der Waals surface area contributed by atoms with E-state index in [-0.39, 0.29) is 11.9 Å². The van der Waals surface area contributed by atoms with Gasteiger partial charge in [0.1, 0.15) is 5.82 Å². The van der Waals surface area contributed by atoms with Gasteiger partial charge in [-0.2, -0.15) is 0 Å². The standard InChI is InChI=1S/C20H28N6O/c1-6-25(5)14(2)20(27)26-11-9-16-17(13-26)22-18(23-19(16)24(3)4)15-8-7-10-21-12-15/h7-8,10,12,14H,6,9,11,13H2,1-5H3/t14-/m0/s1. The second kappa shape index (κ2) is 8.00. The van der Waals surface area contributed by atoms with Gasteiger partial charge in [0, 0.05) is 44.2 Å². The molecular weight excluding hydrogens is 340 g/mol. The lowest BCUT2D eigenvalue weighted by molar-refractivity contribution is -0.136. The van der Waals surface area contributed by atoms with Crippen LogP contribution in [-0.2, 0) is 17.8 Å². The summed E-state index contributed by atoms with van der Waals surface area (Å²) in [6.07, 6.45) is 4.27. The maximum Gasteiger partial charge on any atom is 0.239 e. The maximum atomic E-state index is 12.9. The molecule has 0 spiro atoms. The van der Waals surface area contributed by atoms with Crippen molar-refractivity contribution in [3.8, 4) is 11.4 Å². The number of hydrogen-bond acceptors (Lipinski definition) is 6. The summed E-state index contributed by atoms with van der Waals surface area (Å²) in [5.74, 6) is 1.72. The lowest BCUT2D eigenvalue weighted by Gasteiger charge is -2.34.